The predicted molar refractivity (Wildman–Crippen MR) is 119 cm³/mol. The van der Waals surface area contributed by atoms with E-state index in [1.165, 1.54) is 12.1 Å². The van der Waals surface area contributed by atoms with Crippen LogP contribution >= 0.6 is 11.6 Å². The number of fused-ring (bicyclic) bond motifs is 1. The minimum absolute atomic E-state index is 0.150. The van der Waals surface area contributed by atoms with E-state index in [2.05, 4.69) is 10.3 Å². The van der Waals surface area contributed by atoms with Gasteiger partial charge in [0.25, 0.3) is 0 Å². The van der Waals surface area contributed by atoms with Crippen molar-refractivity contribution in [2.45, 2.75) is 19.5 Å². The van der Waals surface area contributed by atoms with Crippen molar-refractivity contribution in [3.8, 4) is 5.75 Å². The normalized spacial score (nSPS) is 10.9. The van der Waals surface area contributed by atoms with Crippen molar-refractivity contribution in [1.82, 2.24) is 14.9 Å². The van der Waals surface area contributed by atoms with E-state index >= 15 is 0 Å². The molecule has 0 aliphatic carbocycles. The lowest BCUT2D eigenvalue weighted by Gasteiger charge is -2.12. The van der Waals surface area contributed by atoms with E-state index < -0.39 is 0 Å². The Morgan fingerprint density at radius 1 is 1.03 bits per heavy atom. The third-order valence-corrected chi connectivity index (χ3v) is 5.10. The molecule has 158 valence electrons. The Kier molecular flexibility index (Phi) is 6.48. The fraction of sp³-hybridized carbons (Fsp3) is 0.167. The Bertz CT molecular complexity index is 1170. The average molecular weight is 438 g/mol. The third-order valence-electron chi connectivity index (χ3n) is 4.85. The number of halogens is 2. The van der Waals surface area contributed by atoms with Gasteiger partial charge in [-0.25, -0.2) is 9.37 Å². The third kappa shape index (κ3) is 5.41. The SMILES string of the molecule is O=C(Cc1ccc(F)cc1)NCc1nc2ccccc2n1CCOc1ccc(Cl)cc1. The maximum absolute atomic E-state index is 13.0. The molecule has 7 heteroatoms. The Morgan fingerprint density at radius 3 is 2.55 bits per heavy atom. The fourth-order valence-electron chi connectivity index (χ4n) is 3.32. The van der Waals surface area contributed by atoms with Crippen molar-refractivity contribution in [3.05, 3.63) is 95.0 Å². The van der Waals surface area contributed by atoms with E-state index in [1.807, 2.05) is 41.0 Å². The van der Waals surface area contributed by atoms with E-state index in [9.17, 15) is 9.18 Å². The van der Waals surface area contributed by atoms with Crippen LogP contribution in [0.1, 0.15) is 11.4 Å². The van der Waals surface area contributed by atoms with Gasteiger partial charge in [0.15, 0.2) is 0 Å². The standard InChI is InChI=1S/C24H21ClFN3O2/c25-18-7-11-20(12-8-18)31-14-13-29-22-4-2-1-3-21(22)28-23(29)16-27-24(30)15-17-5-9-19(26)10-6-17/h1-12H,13-16H2,(H,27,30). The Labute approximate surface area is 184 Å². The van der Waals surface area contributed by atoms with E-state index in [0.29, 0.717) is 18.2 Å². The molecule has 1 amide bonds. The highest BCUT2D eigenvalue weighted by atomic mass is 35.5. The second-order valence-corrected chi connectivity index (χ2v) is 7.49. The first-order chi connectivity index (χ1) is 15.1. The second-order valence-electron chi connectivity index (χ2n) is 7.05. The quantitative estimate of drug-likeness (QED) is 0.432. The van der Waals surface area contributed by atoms with Gasteiger partial charge in [0, 0.05) is 5.02 Å². The molecule has 0 saturated heterocycles. The summed E-state index contributed by atoms with van der Waals surface area (Å²) in [4.78, 5) is 17.0. The summed E-state index contributed by atoms with van der Waals surface area (Å²) in [6.45, 7) is 1.31. The van der Waals surface area contributed by atoms with E-state index in [1.54, 1.807) is 24.3 Å². The first-order valence-electron chi connectivity index (χ1n) is 9.92. The van der Waals surface area contributed by atoms with Gasteiger partial charge in [-0.1, -0.05) is 35.9 Å². The van der Waals surface area contributed by atoms with Gasteiger partial charge in [-0.05, 0) is 54.1 Å². The van der Waals surface area contributed by atoms with Crippen molar-refractivity contribution in [2.24, 2.45) is 0 Å². The molecule has 0 atom stereocenters. The zero-order chi connectivity index (χ0) is 21.6. The highest BCUT2D eigenvalue weighted by molar-refractivity contribution is 6.30. The van der Waals surface area contributed by atoms with Gasteiger partial charge in [0.05, 0.1) is 30.5 Å². The van der Waals surface area contributed by atoms with Crippen LogP contribution in [0.5, 0.6) is 5.75 Å². The Balaban J connectivity index is 1.42. The molecule has 0 aliphatic heterocycles. The van der Waals surface area contributed by atoms with Crippen molar-refractivity contribution in [3.63, 3.8) is 0 Å². The van der Waals surface area contributed by atoms with Gasteiger partial charge in [0.1, 0.15) is 24.0 Å². The van der Waals surface area contributed by atoms with Crippen LogP contribution in [0, 0.1) is 5.82 Å². The van der Waals surface area contributed by atoms with Crippen molar-refractivity contribution >= 4 is 28.5 Å². The molecule has 0 radical (unpaired) electrons. The molecular formula is C24H21ClFN3O2. The monoisotopic (exact) mass is 437 g/mol. The number of amides is 1. The van der Waals surface area contributed by atoms with Gasteiger partial charge in [-0.15, -0.1) is 0 Å². The number of hydrogen-bond donors (Lipinski definition) is 1. The summed E-state index contributed by atoms with van der Waals surface area (Å²) in [5.74, 6) is 1.01. The number of benzene rings is 3. The summed E-state index contributed by atoms with van der Waals surface area (Å²) in [5, 5.41) is 3.57. The van der Waals surface area contributed by atoms with E-state index in [-0.39, 0.29) is 24.7 Å². The molecular weight excluding hydrogens is 417 g/mol. The molecule has 4 rings (SSSR count). The molecule has 3 aromatic carbocycles. The number of nitrogens with zero attached hydrogens (tertiary/aromatic N) is 2. The average Bonchev–Trinajstić information content (AvgIpc) is 3.13. The topological polar surface area (TPSA) is 56.2 Å². The van der Waals surface area contributed by atoms with Gasteiger partial charge in [-0.2, -0.15) is 0 Å². The number of para-hydroxylation sites is 2. The summed E-state index contributed by atoms with van der Waals surface area (Å²) in [6, 6.07) is 21.0. The van der Waals surface area contributed by atoms with Crippen molar-refractivity contribution in [2.75, 3.05) is 6.61 Å². The number of imidazole rings is 1. The summed E-state index contributed by atoms with van der Waals surface area (Å²) in [7, 11) is 0. The van der Waals surface area contributed by atoms with Crippen LogP contribution in [-0.4, -0.2) is 22.1 Å². The van der Waals surface area contributed by atoms with Gasteiger partial charge in [-0.3, -0.25) is 4.79 Å². The smallest absolute Gasteiger partial charge is 0.224 e. The Morgan fingerprint density at radius 2 is 1.77 bits per heavy atom. The largest absolute Gasteiger partial charge is 0.492 e. The highest BCUT2D eigenvalue weighted by Crippen LogP contribution is 2.18. The van der Waals surface area contributed by atoms with E-state index in [0.717, 1.165) is 28.2 Å². The predicted octanol–water partition coefficient (Wildman–Crippen LogP) is 4.77. The van der Waals surface area contributed by atoms with Gasteiger partial charge < -0.3 is 14.6 Å². The van der Waals surface area contributed by atoms with Gasteiger partial charge >= 0.3 is 0 Å². The molecule has 0 bridgehead atoms. The fourth-order valence-corrected chi connectivity index (χ4v) is 3.45. The first kappa shape index (κ1) is 20.9. The maximum atomic E-state index is 13.0. The molecule has 0 saturated carbocycles. The molecule has 0 unspecified atom stereocenters. The number of aromatic nitrogens is 2. The number of rotatable bonds is 8. The molecule has 1 N–H and O–H groups in total. The molecule has 5 nitrogen and oxygen atoms in total. The van der Waals surface area contributed by atoms with Crippen LogP contribution < -0.4 is 10.1 Å². The summed E-state index contributed by atoms with van der Waals surface area (Å²) in [5.41, 5.74) is 2.59. The highest BCUT2D eigenvalue weighted by Gasteiger charge is 2.12. The summed E-state index contributed by atoms with van der Waals surface area (Å²) < 4.78 is 20.9. The number of nitrogens with one attached hydrogen (secondary N) is 1. The van der Waals surface area contributed by atoms with Crippen LogP contribution in [0.4, 0.5) is 4.39 Å². The molecule has 0 spiro atoms. The Hall–Kier alpha value is -3.38. The number of carbonyl (C=O) groups is 1. The lowest BCUT2D eigenvalue weighted by Crippen LogP contribution is -2.26. The maximum Gasteiger partial charge on any atom is 0.224 e. The number of ether oxygens (including phenoxy) is 1. The minimum Gasteiger partial charge on any atom is -0.492 e. The van der Waals surface area contributed by atoms with E-state index in [4.69, 9.17) is 16.3 Å². The number of carbonyl (C=O) groups excluding carboxylic acids is 1. The zero-order valence-electron chi connectivity index (χ0n) is 16.7. The molecule has 0 fully saturated rings. The van der Waals surface area contributed by atoms with Crippen LogP contribution in [0.3, 0.4) is 0 Å². The van der Waals surface area contributed by atoms with Crippen LogP contribution in [-0.2, 0) is 24.3 Å². The van der Waals surface area contributed by atoms with Crippen LogP contribution in [0.25, 0.3) is 11.0 Å². The van der Waals surface area contributed by atoms with Crippen molar-refractivity contribution in [1.29, 1.82) is 0 Å². The lowest BCUT2D eigenvalue weighted by molar-refractivity contribution is -0.120. The zero-order valence-corrected chi connectivity index (χ0v) is 17.5. The lowest BCUT2D eigenvalue weighted by atomic mass is 10.1. The van der Waals surface area contributed by atoms with Crippen molar-refractivity contribution < 1.29 is 13.9 Å². The molecule has 1 heterocycles. The minimum atomic E-state index is -0.321. The molecule has 4 aromatic rings. The van der Waals surface area contributed by atoms with Crippen LogP contribution in [0.2, 0.25) is 5.02 Å². The van der Waals surface area contributed by atoms with Gasteiger partial charge in [0.2, 0.25) is 5.91 Å². The molecule has 31 heavy (non-hydrogen) atoms. The molecule has 0 aliphatic rings. The first-order valence-corrected chi connectivity index (χ1v) is 10.3. The molecule has 1 aromatic heterocycles. The second kappa shape index (κ2) is 9.62. The number of hydrogen-bond acceptors (Lipinski definition) is 3. The summed E-state index contributed by atoms with van der Waals surface area (Å²) in [6.07, 6.45) is 0.181. The summed E-state index contributed by atoms with van der Waals surface area (Å²) >= 11 is 5.91. The van der Waals surface area contributed by atoms with Crippen LogP contribution in [0.15, 0.2) is 72.8 Å².